The van der Waals surface area contributed by atoms with Crippen molar-refractivity contribution < 1.29 is 27.8 Å². The van der Waals surface area contributed by atoms with Crippen LogP contribution >= 0.6 is 0 Å². The molecule has 0 unspecified atom stereocenters. The molecular formula is C22H30O6S. The number of carbonyl (C=O) groups is 1. The van der Waals surface area contributed by atoms with Crippen molar-refractivity contribution in [2.45, 2.75) is 50.7 Å². The number of carboxylic acid groups (broad SMARTS) is 1. The fraction of sp³-hybridized carbons (Fsp3) is 0.591. The smallest absolute Gasteiger partial charge is 0.303 e. The summed E-state index contributed by atoms with van der Waals surface area (Å²) in [6.45, 7) is 0.155. The first-order chi connectivity index (χ1) is 13.9. The third kappa shape index (κ3) is 6.57. The minimum Gasteiger partial charge on any atom is -0.493 e. The average molecular weight is 423 g/mol. The van der Waals surface area contributed by atoms with Gasteiger partial charge in [0.1, 0.15) is 12.4 Å². The van der Waals surface area contributed by atoms with Crippen LogP contribution in [0.3, 0.4) is 0 Å². The summed E-state index contributed by atoms with van der Waals surface area (Å²) in [6.07, 6.45) is 8.50. The van der Waals surface area contributed by atoms with Gasteiger partial charge in [-0.3, -0.25) is 4.79 Å². The number of para-hydroxylation sites is 1. The predicted octanol–water partition coefficient (Wildman–Crippen LogP) is 3.48. The van der Waals surface area contributed by atoms with E-state index in [4.69, 9.17) is 14.6 Å². The molecular weight excluding hydrogens is 392 g/mol. The Bertz CT molecular complexity index is 789. The van der Waals surface area contributed by atoms with Crippen LogP contribution in [0, 0.1) is 11.8 Å². The molecule has 1 N–H and O–H groups in total. The summed E-state index contributed by atoms with van der Waals surface area (Å²) in [5.74, 6) is 0.295. The number of aliphatic carboxylic acids is 1. The van der Waals surface area contributed by atoms with Gasteiger partial charge in [0.05, 0.1) is 23.7 Å². The van der Waals surface area contributed by atoms with E-state index in [1.54, 1.807) is 0 Å². The zero-order valence-corrected chi connectivity index (χ0v) is 17.4. The molecule has 0 spiro atoms. The highest BCUT2D eigenvalue weighted by Crippen LogP contribution is 2.45. The van der Waals surface area contributed by atoms with Gasteiger partial charge in [-0.2, -0.15) is 0 Å². The number of hydrogen-bond donors (Lipinski definition) is 1. The van der Waals surface area contributed by atoms with E-state index >= 15 is 0 Å². The van der Waals surface area contributed by atoms with Crippen molar-refractivity contribution in [1.82, 2.24) is 0 Å². The molecule has 7 heteroatoms. The molecule has 2 aliphatic heterocycles. The second-order valence-corrected chi connectivity index (χ2v) is 10.1. The lowest BCUT2D eigenvalue weighted by Crippen LogP contribution is -2.34. The molecule has 1 aromatic carbocycles. The molecule has 2 fully saturated rings. The Labute approximate surface area is 172 Å². The number of carboxylic acids is 1. The molecule has 6 nitrogen and oxygen atoms in total. The van der Waals surface area contributed by atoms with Crippen molar-refractivity contribution in [2.75, 3.05) is 18.1 Å². The number of unbranched alkanes of at least 4 members (excludes halogenated alkanes) is 1. The fourth-order valence-corrected chi connectivity index (χ4v) is 5.90. The summed E-state index contributed by atoms with van der Waals surface area (Å²) < 4.78 is 36.9. The molecule has 29 heavy (non-hydrogen) atoms. The third-order valence-electron chi connectivity index (χ3n) is 5.78. The number of ether oxygens (including phenoxy) is 2. The number of rotatable bonds is 12. The molecule has 0 aromatic heterocycles. The van der Waals surface area contributed by atoms with Gasteiger partial charge in [-0.15, -0.1) is 0 Å². The van der Waals surface area contributed by atoms with Crippen LogP contribution in [0.15, 0.2) is 42.5 Å². The van der Waals surface area contributed by atoms with Crippen molar-refractivity contribution in [2.24, 2.45) is 11.8 Å². The first kappa shape index (κ1) is 21.8. The number of hydrogen-bond acceptors (Lipinski definition) is 5. The topological polar surface area (TPSA) is 89.9 Å². The van der Waals surface area contributed by atoms with E-state index in [2.05, 4.69) is 6.08 Å². The second kappa shape index (κ2) is 10.3. The molecule has 0 amide bonds. The maximum Gasteiger partial charge on any atom is 0.303 e. The normalized spacial score (nSPS) is 26.2. The lowest BCUT2D eigenvalue weighted by atomic mass is 9.78. The van der Waals surface area contributed by atoms with Crippen LogP contribution in [-0.4, -0.2) is 49.8 Å². The molecule has 2 saturated heterocycles. The van der Waals surface area contributed by atoms with Crippen LogP contribution in [0.25, 0.3) is 0 Å². The molecule has 0 aliphatic carbocycles. The van der Waals surface area contributed by atoms with E-state index in [1.807, 2.05) is 36.4 Å². The lowest BCUT2D eigenvalue weighted by Gasteiger charge is -2.27. The van der Waals surface area contributed by atoms with E-state index < -0.39 is 15.8 Å². The zero-order chi connectivity index (χ0) is 20.7. The number of sulfone groups is 1. The SMILES string of the molecule is O=C(O)CCC/C=C\C[C@@H]1[C@H](CS(=O)(=O)CCOc2ccccc2)[C@@H]2CC[C@H]1O2. The van der Waals surface area contributed by atoms with E-state index in [0.29, 0.717) is 12.2 Å². The predicted molar refractivity (Wildman–Crippen MR) is 111 cm³/mol. The van der Waals surface area contributed by atoms with Gasteiger partial charge >= 0.3 is 5.97 Å². The molecule has 2 bridgehead atoms. The first-order valence-corrected chi connectivity index (χ1v) is 12.2. The fourth-order valence-electron chi connectivity index (χ4n) is 4.35. The number of fused-ring (bicyclic) bond motifs is 2. The second-order valence-electron chi connectivity index (χ2n) is 7.89. The first-order valence-electron chi connectivity index (χ1n) is 10.3. The summed E-state index contributed by atoms with van der Waals surface area (Å²) in [6, 6.07) is 9.23. The van der Waals surface area contributed by atoms with Crippen LogP contribution < -0.4 is 4.74 Å². The molecule has 1 aromatic rings. The van der Waals surface area contributed by atoms with Crippen LogP contribution in [0.5, 0.6) is 5.75 Å². The molecule has 160 valence electrons. The van der Waals surface area contributed by atoms with Gasteiger partial charge in [-0.05, 0) is 50.2 Å². The van der Waals surface area contributed by atoms with E-state index in [1.165, 1.54) is 0 Å². The highest BCUT2D eigenvalue weighted by atomic mass is 32.2. The molecule has 0 saturated carbocycles. The van der Waals surface area contributed by atoms with Crippen molar-refractivity contribution >= 4 is 15.8 Å². The minimum atomic E-state index is -3.23. The Kier molecular flexibility index (Phi) is 7.72. The summed E-state index contributed by atoms with van der Waals surface area (Å²) in [4.78, 5) is 10.6. The van der Waals surface area contributed by atoms with Gasteiger partial charge in [0.2, 0.25) is 0 Å². The standard InChI is InChI=1S/C22H30O6S/c23-22(24)11-7-2-1-6-10-18-19(21-13-12-20(18)28-21)16-29(25,26)15-14-27-17-8-4-3-5-9-17/h1,3-6,8-9,18-21H,2,7,10-16H2,(H,23,24)/b6-1-/t18-,19+,20-,21+/m1/s1. The van der Waals surface area contributed by atoms with Crippen LogP contribution in [-0.2, 0) is 19.4 Å². The molecule has 0 radical (unpaired) electrons. The number of benzene rings is 1. The van der Waals surface area contributed by atoms with Crippen LogP contribution in [0.2, 0.25) is 0 Å². The van der Waals surface area contributed by atoms with Gasteiger partial charge in [-0.25, -0.2) is 8.42 Å². The Morgan fingerprint density at radius 3 is 2.59 bits per heavy atom. The summed E-state index contributed by atoms with van der Waals surface area (Å²) in [5, 5.41) is 8.68. The molecule has 4 atom stereocenters. The highest BCUT2D eigenvalue weighted by molar-refractivity contribution is 7.91. The summed E-state index contributed by atoms with van der Waals surface area (Å²) in [5.41, 5.74) is 0. The Balaban J connectivity index is 1.48. The maximum absolute atomic E-state index is 12.7. The Morgan fingerprint density at radius 1 is 1.14 bits per heavy atom. The summed E-state index contributed by atoms with van der Waals surface area (Å²) >= 11 is 0. The molecule has 2 aliphatic rings. The van der Waals surface area contributed by atoms with E-state index in [0.717, 1.165) is 25.7 Å². The van der Waals surface area contributed by atoms with Crippen LogP contribution in [0.4, 0.5) is 0 Å². The van der Waals surface area contributed by atoms with Gasteiger partial charge in [-0.1, -0.05) is 30.4 Å². The van der Waals surface area contributed by atoms with Gasteiger partial charge in [0, 0.05) is 12.3 Å². The van der Waals surface area contributed by atoms with Crippen molar-refractivity contribution in [3.05, 3.63) is 42.5 Å². The van der Waals surface area contributed by atoms with Crippen molar-refractivity contribution in [3.8, 4) is 5.75 Å². The van der Waals surface area contributed by atoms with E-state index in [-0.39, 0.29) is 48.6 Å². The van der Waals surface area contributed by atoms with Crippen LogP contribution in [0.1, 0.15) is 38.5 Å². The van der Waals surface area contributed by atoms with Gasteiger partial charge in [0.25, 0.3) is 0 Å². The van der Waals surface area contributed by atoms with Gasteiger partial charge in [0.15, 0.2) is 9.84 Å². The Hall–Kier alpha value is -1.86. The monoisotopic (exact) mass is 422 g/mol. The van der Waals surface area contributed by atoms with Gasteiger partial charge < -0.3 is 14.6 Å². The molecule has 3 rings (SSSR count). The number of allylic oxidation sites excluding steroid dienone is 2. The third-order valence-corrected chi connectivity index (χ3v) is 7.46. The quantitative estimate of drug-likeness (QED) is 0.410. The van der Waals surface area contributed by atoms with E-state index in [9.17, 15) is 13.2 Å². The molecule has 2 heterocycles. The summed E-state index contributed by atoms with van der Waals surface area (Å²) in [7, 11) is -3.23. The largest absolute Gasteiger partial charge is 0.493 e. The minimum absolute atomic E-state index is 0.00747. The Morgan fingerprint density at radius 2 is 1.86 bits per heavy atom. The highest BCUT2D eigenvalue weighted by Gasteiger charge is 2.49. The van der Waals surface area contributed by atoms with Crippen molar-refractivity contribution in [3.63, 3.8) is 0 Å². The van der Waals surface area contributed by atoms with Crippen molar-refractivity contribution in [1.29, 1.82) is 0 Å². The zero-order valence-electron chi connectivity index (χ0n) is 16.6. The maximum atomic E-state index is 12.7. The average Bonchev–Trinajstić information content (AvgIpc) is 3.27. The lowest BCUT2D eigenvalue weighted by molar-refractivity contribution is -0.137.